The lowest BCUT2D eigenvalue weighted by molar-refractivity contribution is -0.0666. The summed E-state index contributed by atoms with van der Waals surface area (Å²) in [4.78, 5) is 1.68. The highest BCUT2D eigenvalue weighted by Crippen LogP contribution is 2.27. The van der Waals surface area contributed by atoms with Gasteiger partial charge in [-0.3, -0.25) is 4.90 Å². The summed E-state index contributed by atoms with van der Waals surface area (Å²) in [5, 5.41) is 9.90. The molecule has 1 unspecified atom stereocenters. The van der Waals surface area contributed by atoms with Crippen molar-refractivity contribution in [2.75, 3.05) is 32.9 Å². The molecule has 2 rings (SSSR count). The molecule has 4 nitrogen and oxygen atoms in total. The average Bonchev–Trinajstić information content (AvgIpc) is 3.20. The maximum atomic E-state index is 12.4. The van der Waals surface area contributed by atoms with Gasteiger partial charge in [0.15, 0.2) is 0 Å². The van der Waals surface area contributed by atoms with Crippen molar-refractivity contribution in [3.63, 3.8) is 0 Å². The highest BCUT2D eigenvalue weighted by molar-refractivity contribution is 4.86. The first-order chi connectivity index (χ1) is 9.15. The van der Waals surface area contributed by atoms with Gasteiger partial charge in [-0.1, -0.05) is 0 Å². The molecule has 2 aliphatic rings. The molecule has 0 spiro atoms. The quantitative estimate of drug-likeness (QED) is 0.726. The van der Waals surface area contributed by atoms with Crippen LogP contribution in [0, 0.1) is 0 Å². The van der Waals surface area contributed by atoms with Gasteiger partial charge >= 0.3 is 0 Å². The van der Waals surface area contributed by atoms with Crippen molar-refractivity contribution < 1.29 is 23.4 Å². The van der Waals surface area contributed by atoms with E-state index in [9.17, 15) is 13.9 Å². The lowest BCUT2D eigenvalue weighted by Gasteiger charge is -2.27. The molecular weight excluding hydrogens is 256 g/mol. The lowest BCUT2D eigenvalue weighted by Crippen LogP contribution is -2.40. The fraction of sp³-hybridized carbons (Fsp3) is 1.00. The molecule has 0 aromatic carbocycles. The Hall–Kier alpha value is -0.300. The Labute approximate surface area is 112 Å². The Bertz CT molecular complexity index is 258. The third kappa shape index (κ3) is 5.69. The van der Waals surface area contributed by atoms with Gasteiger partial charge in [0, 0.05) is 25.8 Å². The first-order valence-electron chi connectivity index (χ1n) is 7.04. The predicted molar refractivity (Wildman–Crippen MR) is 66.4 cm³/mol. The zero-order chi connectivity index (χ0) is 13.7. The molecule has 112 valence electrons. The minimum absolute atomic E-state index is 0.132. The summed E-state index contributed by atoms with van der Waals surface area (Å²) < 4.78 is 35.7. The van der Waals surface area contributed by atoms with Gasteiger partial charge in [0.05, 0.1) is 25.4 Å². The first-order valence-corrected chi connectivity index (χ1v) is 7.04. The monoisotopic (exact) mass is 279 g/mol. The van der Waals surface area contributed by atoms with E-state index in [2.05, 4.69) is 0 Å². The molecule has 0 aromatic heterocycles. The van der Waals surface area contributed by atoms with E-state index in [1.165, 1.54) is 0 Å². The smallest absolute Gasteiger partial charge is 0.251 e. The van der Waals surface area contributed by atoms with Gasteiger partial charge in [0.2, 0.25) is 0 Å². The van der Waals surface area contributed by atoms with Gasteiger partial charge in [0.25, 0.3) is 6.43 Å². The number of hydrogen-bond donors (Lipinski definition) is 1. The van der Waals surface area contributed by atoms with Crippen LogP contribution in [-0.2, 0) is 9.47 Å². The largest absolute Gasteiger partial charge is 0.389 e. The van der Waals surface area contributed by atoms with Crippen LogP contribution < -0.4 is 0 Å². The Morgan fingerprint density at radius 2 is 1.84 bits per heavy atom. The summed E-state index contributed by atoms with van der Waals surface area (Å²) in [6.07, 6.45) is 0.700. The van der Waals surface area contributed by atoms with E-state index >= 15 is 0 Å². The second-order valence-electron chi connectivity index (χ2n) is 5.38. The number of aliphatic hydroxyl groups is 1. The molecule has 0 radical (unpaired) electrons. The maximum absolute atomic E-state index is 12.4. The fourth-order valence-electron chi connectivity index (χ4n) is 2.40. The average molecular weight is 279 g/mol. The Morgan fingerprint density at radius 3 is 2.42 bits per heavy atom. The first kappa shape index (κ1) is 15.1. The van der Waals surface area contributed by atoms with E-state index in [0.717, 1.165) is 25.7 Å². The second-order valence-corrected chi connectivity index (χ2v) is 5.38. The number of nitrogens with zero attached hydrogens (tertiary/aromatic N) is 1. The number of hydrogen-bond acceptors (Lipinski definition) is 4. The van der Waals surface area contributed by atoms with Crippen molar-refractivity contribution in [2.45, 2.75) is 50.4 Å². The van der Waals surface area contributed by atoms with E-state index in [1.54, 1.807) is 4.90 Å². The molecular formula is C13H23F2NO3. The van der Waals surface area contributed by atoms with Crippen LogP contribution in [0.4, 0.5) is 8.78 Å². The molecule has 0 bridgehead atoms. The number of halogens is 2. The maximum Gasteiger partial charge on any atom is 0.251 e. The van der Waals surface area contributed by atoms with Gasteiger partial charge in [0.1, 0.15) is 0 Å². The van der Waals surface area contributed by atoms with Crippen molar-refractivity contribution in [1.82, 2.24) is 4.90 Å². The molecule has 0 amide bonds. The number of alkyl halides is 2. The summed E-state index contributed by atoms with van der Waals surface area (Å²) in [6.45, 7) is 1.63. The van der Waals surface area contributed by atoms with Crippen molar-refractivity contribution in [2.24, 2.45) is 0 Å². The van der Waals surface area contributed by atoms with Crippen LogP contribution in [0.1, 0.15) is 25.7 Å². The zero-order valence-electron chi connectivity index (χ0n) is 11.1. The molecule has 6 heteroatoms. The van der Waals surface area contributed by atoms with Crippen LogP contribution in [0.3, 0.4) is 0 Å². The molecule has 19 heavy (non-hydrogen) atoms. The van der Waals surface area contributed by atoms with Crippen molar-refractivity contribution in [1.29, 1.82) is 0 Å². The summed E-state index contributed by atoms with van der Waals surface area (Å²) in [7, 11) is 0. The standard InChI is InChI=1S/C13H23F2NO3/c14-13(15)8-16(10-1-2-10)7-11(17)9-19-12-3-5-18-6-4-12/h10-13,17H,1-9H2. The lowest BCUT2D eigenvalue weighted by atomic mass is 10.1. The van der Waals surface area contributed by atoms with Crippen molar-refractivity contribution in [3.8, 4) is 0 Å². The van der Waals surface area contributed by atoms with E-state index < -0.39 is 12.5 Å². The van der Waals surface area contributed by atoms with Gasteiger partial charge in [-0.2, -0.15) is 0 Å². The van der Waals surface area contributed by atoms with E-state index in [0.29, 0.717) is 13.2 Å². The van der Waals surface area contributed by atoms with Crippen molar-refractivity contribution in [3.05, 3.63) is 0 Å². The van der Waals surface area contributed by atoms with Crippen LogP contribution in [0.2, 0.25) is 0 Å². The van der Waals surface area contributed by atoms with Crippen LogP contribution in [-0.4, -0.2) is 67.6 Å². The normalized spacial score (nSPS) is 23.2. The highest BCUT2D eigenvalue weighted by Gasteiger charge is 2.32. The van der Waals surface area contributed by atoms with Gasteiger partial charge < -0.3 is 14.6 Å². The second kappa shape index (κ2) is 7.47. The van der Waals surface area contributed by atoms with E-state index in [4.69, 9.17) is 9.47 Å². The number of aliphatic hydroxyl groups excluding tert-OH is 1. The minimum Gasteiger partial charge on any atom is -0.389 e. The summed E-state index contributed by atoms with van der Waals surface area (Å²) in [5.41, 5.74) is 0. The van der Waals surface area contributed by atoms with Gasteiger partial charge in [-0.05, 0) is 25.7 Å². The molecule has 0 aromatic rings. The molecule has 1 atom stereocenters. The van der Waals surface area contributed by atoms with Crippen LogP contribution in [0.5, 0.6) is 0 Å². The summed E-state index contributed by atoms with van der Waals surface area (Å²) >= 11 is 0. The van der Waals surface area contributed by atoms with Gasteiger partial charge in [-0.15, -0.1) is 0 Å². The zero-order valence-corrected chi connectivity index (χ0v) is 11.1. The van der Waals surface area contributed by atoms with Gasteiger partial charge in [-0.25, -0.2) is 8.78 Å². The Balaban J connectivity index is 1.65. The number of rotatable bonds is 8. The molecule has 1 heterocycles. The SMILES string of the molecule is OC(COC1CCOCC1)CN(CC(F)F)C1CC1. The summed E-state index contributed by atoms with van der Waals surface area (Å²) in [5.74, 6) is 0. The summed E-state index contributed by atoms with van der Waals surface area (Å²) in [6, 6.07) is 0.228. The Kier molecular flexibility index (Phi) is 5.94. The van der Waals surface area contributed by atoms with E-state index in [1.807, 2.05) is 0 Å². The van der Waals surface area contributed by atoms with Crippen molar-refractivity contribution >= 4 is 0 Å². The number of ether oxygens (including phenoxy) is 2. The van der Waals surface area contributed by atoms with Crippen LogP contribution >= 0.6 is 0 Å². The third-order valence-electron chi connectivity index (χ3n) is 3.57. The molecule has 1 saturated carbocycles. The predicted octanol–water partition coefficient (Wildman–Crippen LogP) is 1.27. The van der Waals surface area contributed by atoms with Crippen LogP contribution in [0.25, 0.3) is 0 Å². The van der Waals surface area contributed by atoms with Crippen LogP contribution in [0.15, 0.2) is 0 Å². The topological polar surface area (TPSA) is 41.9 Å². The minimum atomic E-state index is -2.34. The highest BCUT2D eigenvalue weighted by atomic mass is 19.3. The molecule has 1 saturated heterocycles. The Morgan fingerprint density at radius 1 is 1.16 bits per heavy atom. The molecule has 1 N–H and O–H groups in total. The van der Waals surface area contributed by atoms with E-state index in [-0.39, 0.29) is 31.8 Å². The fourth-order valence-corrected chi connectivity index (χ4v) is 2.40. The molecule has 1 aliphatic heterocycles. The third-order valence-corrected chi connectivity index (χ3v) is 3.57. The molecule has 2 fully saturated rings. The molecule has 1 aliphatic carbocycles.